The van der Waals surface area contributed by atoms with Gasteiger partial charge in [0, 0.05) is 11.8 Å². The molecule has 0 spiro atoms. The second kappa shape index (κ2) is 1.70. The highest BCUT2D eigenvalue weighted by molar-refractivity contribution is 5.89. The zero-order chi connectivity index (χ0) is 7.47. The van der Waals surface area contributed by atoms with Gasteiger partial charge in [-0.3, -0.25) is 4.79 Å². The predicted molar refractivity (Wildman–Crippen MR) is 42.1 cm³/mol. The number of ketones is 1. The Labute approximate surface area is 67.2 Å². The topological polar surface area (TPSA) is 17.1 Å². The number of carbonyl (C=O) groups excluding carboxylic acids is 1. The maximum Gasteiger partial charge on any atom is 0.139 e. The first-order chi connectivity index (χ1) is 5.33. The molecule has 0 N–H and O–H groups in total. The lowest BCUT2D eigenvalue weighted by Crippen LogP contribution is -2.25. The second-order valence-electron chi connectivity index (χ2n) is 4.58. The van der Waals surface area contributed by atoms with Crippen LogP contribution in [0.15, 0.2) is 0 Å². The summed E-state index contributed by atoms with van der Waals surface area (Å²) in [5, 5.41) is 0. The molecule has 0 aromatic rings. The van der Waals surface area contributed by atoms with E-state index >= 15 is 0 Å². The lowest BCUT2D eigenvalue weighted by Gasteiger charge is -2.22. The summed E-state index contributed by atoms with van der Waals surface area (Å²) in [6.45, 7) is 0. The van der Waals surface area contributed by atoms with Crippen molar-refractivity contribution in [3.8, 4) is 0 Å². The Kier molecular flexibility index (Phi) is 0.961. The molecule has 0 aromatic heterocycles. The lowest BCUT2D eigenvalue weighted by atomic mass is 9.80. The minimum Gasteiger partial charge on any atom is -0.299 e. The average Bonchev–Trinajstić information content (AvgIpc) is 2.54. The van der Waals surface area contributed by atoms with Gasteiger partial charge < -0.3 is 0 Å². The molecule has 0 amide bonds. The minimum absolute atomic E-state index is 0.241. The van der Waals surface area contributed by atoms with E-state index in [1.54, 1.807) is 0 Å². The molecule has 3 atom stereocenters. The SMILES string of the molecule is O=C1C[C@H]2CC[C@]13CCC[C@@H]23. The standard InChI is InChI=1S/C10H14O/c11-9-6-7-3-5-10(9)4-1-2-8(7)10/h7-8H,1-6H2/t7-,8+,10+/m1/s1. The van der Waals surface area contributed by atoms with Crippen molar-refractivity contribution in [2.75, 3.05) is 0 Å². The van der Waals surface area contributed by atoms with Gasteiger partial charge in [-0.15, -0.1) is 0 Å². The molecular weight excluding hydrogens is 136 g/mol. The number of rotatable bonds is 0. The number of hydrogen-bond donors (Lipinski definition) is 0. The molecule has 3 saturated carbocycles. The van der Waals surface area contributed by atoms with E-state index in [1.807, 2.05) is 0 Å². The predicted octanol–water partition coefficient (Wildman–Crippen LogP) is 2.16. The molecule has 0 radical (unpaired) electrons. The van der Waals surface area contributed by atoms with Crippen LogP contribution >= 0.6 is 0 Å². The Morgan fingerprint density at radius 3 is 2.91 bits per heavy atom. The molecular formula is C10H14O. The van der Waals surface area contributed by atoms with E-state index in [0.29, 0.717) is 5.78 Å². The highest BCUT2D eigenvalue weighted by Crippen LogP contribution is 2.63. The van der Waals surface area contributed by atoms with Crippen LogP contribution in [0, 0.1) is 17.3 Å². The summed E-state index contributed by atoms with van der Waals surface area (Å²) in [5.74, 6) is 2.26. The van der Waals surface area contributed by atoms with Crippen LogP contribution in [0.5, 0.6) is 0 Å². The van der Waals surface area contributed by atoms with Gasteiger partial charge >= 0.3 is 0 Å². The Morgan fingerprint density at radius 1 is 1.27 bits per heavy atom. The van der Waals surface area contributed by atoms with Crippen LogP contribution in [0.3, 0.4) is 0 Å². The summed E-state index contributed by atoms with van der Waals surface area (Å²) in [6, 6.07) is 0. The molecule has 3 aliphatic carbocycles. The summed E-state index contributed by atoms with van der Waals surface area (Å²) < 4.78 is 0. The molecule has 3 fully saturated rings. The van der Waals surface area contributed by atoms with Gasteiger partial charge in [0.25, 0.3) is 0 Å². The number of carbonyl (C=O) groups is 1. The Morgan fingerprint density at radius 2 is 2.18 bits per heavy atom. The van der Waals surface area contributed by atoms with Gasteiger partial charge in [-0.2, -0.15) is 0 Å². The second-order valence-corrected chi connectivity index (χ2v) is 4.58. The molecule has 60 valence electrons. The maximum absolute atomic E-state index is 11.6. The fourth-order valence-electron chi connectivity index (χ4n) is 3.91. The quantitative estimate of drug-likeness (QED) is 0.517. The molecule has 3 rings (SSSR count). The van der Waals surface area contributed by atoms with Crippen LogP contribution < -0.4 is 0 Å². The maximum atomic E-state index is 11.6. The molecule has 0 heterocycles. The van der Waals surface area contributed by atoms with E-state index in [4.69, 9.17) is 0 Å². The van der Waals surface area contributed by atoms with E-state index in [1.165, 1.54) is 32.1 Å². The van der Waals surface area contributed by atoms with Gasteiger partial charge in [-0.1, -0.05) is 6.42 Å². The summed E-state index contributed by atoms with van der Waals surface area (Å²) in [4.78, 5) is 11.6. The van der Waals surface area contributed by atoms with Gasteiger partial charge in [0.05, 0.1) is 0 Å². The van der Waals surface area contributed by atoms with Crippen LogP contribution in [0.4, 0.5) is 0 Å². The highest BCUT2D eigenvalue weighted by Gasteiger charge is 2.60. The molecule has 1 heteroatoms. The van der Waals surface area contributed by atoms with E-state index in [-0.39, 0.29) is 5.41 Å². The van der Waals surface area contributed by atoms with E-state index in [0.717, 1.165) is 18.3 Å². The van der Waals surface area contributed by atoms with Gasteiger partial charge in [0.1, 0.15) is 5.78 Å². The third-order valence-electron chi connectivity index (χ3n) is 4.38. The lowest BCUT2D eigenvalue weighted by molar-refractivity contribution is -0.127. The zero-order valence-electron chi connectivity index (χ0n) is 6.81. The van der Waals surface area contributed by atoms with Crippen molar-refractivity contribution in [1.82, 2.24) is 0 Å². The third-order valence-corrected chi connectivity index (χ3v) is 4.38. The first kappa shape index (κ1) is 6.22. The fourth-order valence-corrected chi connectivity index (χ4v) is 3.91. The van der Waals surface area contributed by atoms with Crippen molar-refractivity contribution in [3.05, 3.63) is 0 Å². The van der Waals surface area contributed by atoms with Crippen molar-refractivity contribution in [1.29, 1.82) is 0 Å². The van der Waals surface area contributed by atoms with Gasteiger partial charge in [0.2, 0.25) is 0 Å². The fraction of sp³-hybridized carbons (Fsp3) is 0.900. The van der Waals surface area contributed by atoms with E-state index < -0.39 is 0 Å². The largest absolute Gasteiger partial charge is 0.299 e. The van der Waals surface area contributed by atoms with Crippen LogP contribution in [-0.4, -0.2) is 5.78 Å². The first-order valence-corrected chi connectivity index (χ1v) is 4.86. The molecule has 3 aliphatic rings. The number of hydrogen-bond acceptors (Lipinski definition) is 1. The molecule has 2 bridgehead atoms. The van der Waals surface area contributed by atoms with Crippen molar-refractivity contribution >= 4 is 5.78 Å². The van der Waals surface area contributed by atoms with Crippen LogP contribution in [0.25, 0.3) is 0 Å². The molecule has 0 aromatic carbocycles. The van der Waals surface area contributed by atoms with Crippen molar-refractivity contribution in [3.63, 3.8) is 0 Å². The summed E-state index contributed by atoms with van der Waals surface area (Å²) in [5.41, 5.74) is 0.241. The van der Waals surface area contributed by atoms with Crippen LogP contribution in [0.2, 0.25) is 0 Å². The number of Topliss-reactive ketones (excluding diaryl/α,β-unsaturated/α-hetero) is 1. The van der Waals surface area contributed by atoms with Crippen molar-refractivity contribution < 1.29 is 4.79 Å². The van der Waals surface area contributed by atoms with Crippen molar-refractivity contribution in [2.45, 2.75) is 38.5 Å². The third kappa shape index (κ3) is 0.533. The Balaban J connectivity index is 2.09. The average molecular weight is 150 g/mol. The minimum atomic E-state index is 0.241. The Bertz CT molecular complexity index is 217. The van der Waals surface area contributed by atoms with Crippen LogP contribution in [0.1, 0.15) is 38.5 Å². The van der Waals surface area contributed by atoms with Gasteiger partial charge in [-0.25, -0.2) is 0 Å². The van der Waals surface area contributed by atoms with E-state index in [9.17, 15) is 4.79 Å². The van der Waals surface area contributed by atoms with E-state index in [2.05, 4.69) is 0 Å². The highest BCUT2D eigenvalue weighted by atomic mass is 16.1. The summed E-state index contributed by atoms with van der Waals surface area (Å²) in [7, 11) is 0. The van der Waals surface area contributed by atoms with Crippen LogP contribution in [-0.2, 0) is 4.79 Å². The normalized spacial score (nSPS) is 53.6. The smallest absolute Gasteiger partial charge is 0.139 e. The summed E-state index contributed by atoms with van der Waals surface area (Å²) in [6.07, 6.45) is 7.44. The monoisotopic (exact) mass is 150 g/mol. The van der Waals surface area contributed by atoms with Gasteiger partial charge in [-0.05, 0) is 37.5 Å². The Hall–Kier alpha value is -0.330. The molecule has 0 unspecified atom stereocenters. The summed E-state index contributed by atoms with van der Waals surface area (Å²) >= 11 is 0. The zero-order valence-corrected chi connectivity index (χ0v) is 6.81. The molecule has 11 heavy (non-hydrogen) atoms. The molecule has 0 aliphatic heterocycles. The molecule has 1 nitrogen and oxygen atoms in total. The molecule has 0 saturated heterocycles. The first-order valence-electron chi connectivity index (χ1n) is 4.86. The van der Waals surface area contributed by atoms with Crippen molar-refractivity contribution in [2.24, 2.45) is 17.3 Å². The van der Waals surface area contributed by atoms with Gasteiger partial charge in [0.15, 0.2) is 0 Å².